The van der Waals surface area contributed by atoms with Crippen molar-refractivity contribution in [3.05, 3.63) is 54.1 Å². The molecule has 1 atom stereocenters. The minimum Gasteiger partial charge on any atom is -0.376 e. The zero-order valence-electron chi connectivity index (χ0n) is 15.6. The van der Waals surface area contributed by atoms with Gasteiger partial charge in [-0.05, 0) is 31.0 Å². The van der Waals surface area contributed by atoms with Crippen LogP contribution in [0.15, 0.2) is 47.4 Å². The van der Waals surface area contributed by atoms with Gasteiger partial charge in [0, 0.05) is 29.7 Å². The van der Waals surface area contributed by atoms with Gasteiger partial charge in [0.2, 0.25) is 5.91 Å². The van der Waals surface area contributed by atoms with Crippen molar-refractivity contribution in [2.45, 2.75) is 30.3 Å². The van der Waals surface area contributed by atoms with Crippen LogP contribution in [0.4, 0.5) is 13.9 Å². The zero-order valence-corrected chi connectivity index (χ0v) is 17.3. The van der Waals surface area contributed by atoms with Crippen molar-refractivity contribution in [2.24, 2.45) is 0 Å². The minimum absolute atomic E-state index is 0.0608. The Morgan fingerprint density at radius 2 is 2.10 bits per heavy atom. The molecule has 1 aromatic heterocycles. The van der Waals surface area contributed by atoms with Gasteiger partial charge in [-0.1, -0.05) is 29.5 Å². The van der Waals surface area contributed by atoms with E-state index >= 15 is 0 Å². The fraction of sp³-hybridized carbons (Fsp3) is 0.333. The Morgan fingerprint density at radius 1 is 1.28 bits per heavy atom. The number of aromatic nitrogens is 1. The summed E-state index contributed by atoms with van der Waals surface area (Å²) >= 11 is 2.74. The van der Waals surface area contributed by atoms with Gasteiger partial charge in [-0.2, -0.15) is 0 Å². The molecule has 1 unspecified atom stereocenters. The third-order valence-electron chi connectivity index (χ3n) is 4.67. The molecule has 0 saturated carbocycles. The predicted molar refractivity (Wildman–Crippen MR) is 113 cm³/mol. The van der Waals surface area contributed by atoms with Crippen molar-refractivity contribution in [1.82, 2.24) is 4.98 Å². The van der Waals surface area contributed by atoms with Crippen LogP contribution in [0, 0.1) is 11.6 Å². The molecule has 4 nitrogen and oxygen atoms in total. The summed E-state index contributed by atoms with van der Waals surface area (Å²) in [5.74, 6) is -0.837. The van der Waals surface area contributed by atoms with Crippen LogP contribution < -0.4 is 4.90 Å². The number of amides is 1. The molecule has 2 heterocycles. The molecular weight excluding hydrogens is 414 g/mol. The SMILES string of the molecule is O=C(CCSc1ccccc1)N(CC1CCCO1)c1nc2c(F)cc(F)cc2s1. The van der Waals surface area contributed by atoms with Crippen molar-refractivity contribution in [3.63, 3.8) is 0 Å². The number of hydrogen-bond acceptors (Lipinski definition) is 5. The molecule has 0 aliphatic carbocycles. The van der Waals surface area contributed by atoms with E-state index in [0.29, 0.717) is 35.2 Å². The fourth-order valence-electron chi connectivity index (χ4n) is 3.25. The maximum absolute atomic E-state index is 14.1. The Balaban J connectivity index is 1.52. The van der Waals surface area contributed by atoms with Crippen molar-refractivity contribution in [2.75, 3.05) is 23.8 Å². The number of halogens is 2. The average Bonchev–Trinajstić information content (AvgIpc) is 3.36. The van der Waals surface area contributed by atoms with Gasteiger partial charge in [0.05, 0.1) is 17.3 Å². The molecule has 2 aromatic carbocycles. The molecule has 1 saturated heterocycles. The van der Waals surface area contributed by atoms with Crippen molar-refractivity contribution in [3.8, 4) is 0 Å². The number of ether oxygens (including phenoxy) is 1. The Hall–Kier alpha value is -2.03. The molecule has 0 spiro atoms. The summed E-state index contributed by atoms with van der Waals surface area (Å²) in [6.07, 6.45) is 2.08. The fourth-order valence-corrected chi connectivity index (χ4v) is 5.14. The average molecular weight is 435 g/mol. The van der Waals surface area contributed by atoms with E-state index < -0.39 is 11.6 Å². The minimum atomic E-state index is -0.716. The summed E-state index contributed by atoms with van der Waals surface area (Å²) in [5.41, 5.74) is 0.0928. The first-order valence-corrected chi connectivity index (χ1v) is 11.3. The molecule has 1 fully saturated rings. The molecule has 29 heavy (non-hydrogen) atoms. The van der Waals surface area contributed by atoms with Gasteiger partial charge < -0.3 is 4.74 Å². The summed E-state index contributed by atoms with van der Waals surface area (Å²) in [5, 5.41) is 0.384. The second-order valence-electron chi connectivity index (χ2n) is 6.78. The number of carbonyl (C=O) groups excluding carboxylic acids is 1. The Labute approximate surface area is 175 Å². The molecule has 0 bridgehead atoms. The predicted octanol–water partition coefficient (Wildman–Crippen LogP) is 5.27. The van der Waals surface area contributed by atoms with Crippen molar-refractivity contribution in [1.29, 1.82) is 0 Å². The second kappa shape index (κ2) is 9.19. The molecule has 152 valence electrons. The van der Waals surface area contributed by atoms with E-state index in [2.05, 4.69) is 4.98 Å². The Bertz CT molecular complexity index is 991. The van der Waals surface area contributed by atoms with Crippen molar-refractivity contribution < 1.29 is 18.3 Å². The van der Waals surface area contributed by atoms with E-state index in [1.165, 1.54) is 6.07 Å². The van der Waals surface area contributed by atoms with Gasteiger partial charge in [-0.3, -0.25) is 9.69 Å². The largest absolute Gasteiger partial charge is 0.376 e. The number of hydrogen-bond donors (Lipinski definition) is 0. The van der Waals surface area contributed by atoms with E-state index in [1.54, 1.807) is 16.7 Å². The molecule has 0 N–H and O–H groups in total. The quantitative estimate of drug-likeness (QED) is 0.475. The first-order chi connectivity index (χ1) is 14.1. The number of nitrogens with zero attached hydrogens (tertiary/aromatic N) is 2. The third kappa shape index (κ3) is 4.94. The van der Waals surface area contributed by atoms with Crippen LogP contribution in [0.2, 0.25) is 0 Å². The highest BCUT2D eigenvalue weighted by atomic mass is 32.2. The summed E-state index contributed by atoms with van der Waals surface area (Å²) in [6, 6.07) is 11.9. The number of carbonyl (C=O) groups is 1. The summed E-state index contributed by atoms with van der Waals surface area (Å²) in [6.45, 7) is 1.05. The topological polar surface area (TPSA) is 42.4 Å². The van der Waals surface area contributed by atoms with Gasteiger partial charge in [0.1, 0.15) is 11.3 Å². The summed E-state index contributed by atoms with van der Waals surface area (Å²) in [7, 11) is 0. The first kappa shape index (κ1) is 20.3. The van der Waals surface area contributed by atoms with Crippen LogP contribution in [0.25, 0.3) is 10.2 Å². The smallest absolute Gasteiger partial charge is 0.229 e. The molecule has 1 aliphatic rings. The van der Waals surface area contributed by atoms with E-state index in [0.717, 1.165) is 35.1 Å². The Morgan fingerprint density at radius 3 is 2.86 bits per heavy atom. The number of thiazole rings is 1. The lowest BCUT2D eigenvalue weighted by Crippen LogP contribution is -2.37. The lowest BCUT2D eigenvalue weighted by Gasteiger charge is -2.23. The molecule has 8 heteroatoms. The van der Waals surface area contributed by atoms with Crippen molar-refractivity contribution >= 4 is 44.4 Å². The standard InChI is InChI=1S/C21H20F2N2O2S2/c22-14-11-17(23)20-18(12-14)29-21(24-20)25(13-15-5-4-9-27-15)19(26)8-10-28-16-6-2-1-3-7-16/h1-3,6-7,11-12,15H,4-5,8-10,13H2. The molecule has 1 amide bonds. The highest BCUT2D eigenvalue weighted by Crippen LogP contribution is 2.32. The third-order valence-corrected chi connectivity index (χ3v) is 6.71. The molecule has 3 aromatic rings. The molecular formula is C21H20F2N2O2S2. The van der Waals surface area contributed by atoms with Gasteiger partial charge in [-0.15, -0.1) is 11.8 Å². The molecule has 0 radical (unpaired) electrons. The maximum atomic E-state index is 14.1. The van der Waals surface area contributed by atoms with Crippen LogP contribution in [0.1, 0.15) is 19.3 Å². The number of thioether (sulfide) groups is 1. The number of benzene rings is 2. The highest BCUT2D eigenvalue weighted by Gasteiger charge is 2.26. The van der Waals surface area contributed by atoms with Gasteiger partial charge in [0.15, 0.2) is 10.9 Å². The van der Waals surface area contributed by atoms with Crippen LogP contribution >= 0.6 is 23.1 Å². The Kier molecular flexibility index (Phi) is 6.42. The van der Waals surface area contributed by atoms with Crippen LogP contribution in [-0.4, -0.2) is 35.9 Å². The normalized spacial score (nSPS) is 16.4. The molecule has 4 rings (SSSR count). The van der Waals surface area contributed by atoms with E-state index in [4.69, 9.17) is 4.74 Å². The van der Waals surface area contributed by atoms with Gasteiger partial charge in [0.25, 0.3) is 0 Å². The zero-order chi connectivity index (χ0) is 20.2. The molecule has 1 aliphatic heterocycles. The lowest BCUT2D eigenvalue weighted by atomic mass is 10.2. The van der Waals surface area contributed by atoms with Crippen LogP contribution in [0.3, 0.4) is 0 Å². The summed E-state index contributed by atoms with van der Waals surface area (Å²) < 4.78 is 33.7. The first-order valence-electron chi connectivity index (χ1n) is 9.45. The van der Waals surface area contributed by atoms with E-state index in [1.807, 2.05) is 30.3 Å². The second-order valence-corrected chi connectivity index (χ2v) is 8.96. The van der Waals surface area contributed by atoms with E-state index in [9.17, 15) is 13.6 Å². The highest BCUT2D eigenvalue weighted by molar-refractivity contribution is 7.99. The van der Waals surface area contributed by atoms with Crippen LogP contribution in [-0.2, 0) is 9.53 Å². The monoisotopic (exact) mass is 434 g/mol. The summed E-state index contributed by atoms with van der Waals surface area (Å²) in [4.78, 5) is 20.0. The van der Waals surface area contributed by atoms with Crippen LogP contribution in [0.5, 0.6) is 0 Å². The van der Waals surface area contributed by atoms with Gasteiger partial charge in [-0.25, -0.2) is 13.8 Å². The number of anilines is 1. The number of fused-ring (bicyclic) bond motifs is 1. The van der Waals surface area contributed by atoms with Gasteiger partial charge >= 0.3 is 0 Å². The van der Waals surface area contributed by atoms with E-state index in [-0.39, 0.29) is 17.5 Å². The lowest BCUT2D eigenvalue weighted by molar-refractivity contribution is -0.118. The maximum Gasteiger partial charge on any atom is 0.229 e. The number of rotatable bonds is 7.